The number of fused-ring (bicyclic) bond motifs is 1. The van der Waals surface area contributed by atoms with Crippen molar-refractivity contribution in [3.8, 4) is 17.0 Å². The number of aromatic nitrogens is 2. The van der Waals surface area contributed by atoms with E-state index in [-0.39, 0.29) is 17.5 Å². The molecule has 5 rings (SSSR count). The number of rotatable bonds is 5. The molecule has 0 aliphatic carbocycles. The summed E-state index contributed by atoms with van der Waals surface area (Å²) < 4.78 is 14.9. The van der Waals surface area contributed by atoms with Crippen molar-refractivity contribution >= 4 is 17.3 Å². The number of benzene rings is 3. The number of halogens is 1. The number of anilines is 1. The summed E-state index contributed by atoms with van der Waals surface area (Å²) >= 11 is 0. The summed E-state index contributed by atoms with van der Waals surface area (Å²) in [4.78, 5) is 18.2. The largest absolute Gasteiger partial charge is 0.508 e. The van der Waals surface area contributed by atoms with Gasteiger partial charge in [-0.05, 0) is 47.5 Å². The van der Waals surface area contributed by atoms with Gasteiger partial charge in [-0.2, -0.15) is 4.57 Å². The third-order valence-electron chi connectivity index (χ3n) is 5.72. The fraction of sp³-hybridized carbons (Fsp3) is 0.0741. The molecule has 2 N–H and O–H groups in total. The molecule has 0 saturated carbocycles. The van der Waals surface area contributed by atoms with Crippen LogP contribution in [0, 0.1) is 5.82 Å². The fourth-order valence-corrected chi connectivity index (χ4v) is 3.96. The molecule has 2 heterocycles. The van der Waals surface area contributed by atoms with Gasteiger partial charge in [-0.3, -0.25) is 5.32 Å². The van der Waals surface area contributed by atoms with Crippen molar-refractivity contribution in [3.05, 3.63) is 114 Å². The number of carbonyl (C=O) groups is 1. The number of phenolic OH excluding ortho intramolecular Hbond substituents is 1. The summed E-state index contributed by atoms with van der Waals surface area (Å²) in [6.45, 7) is 4.26. The highest BCUT2D eigenvalue weighted by Gasteiger charge is 2.41. The average molecular weight is 438 g/mol. The van der Waals surface area contributed by atoms with Gasteiger partial charge in [0.1, 0.15) is 23.5 Å². The molecule has 1 unspecified atom stereocenters. The first-order valence-electron chi connectivity index (χ1n) is 10.6. The van der Waals surface area contributed by atoms with Gasteiger partial charge < -0.3 is 5.11 Å². The van der Waals surface area contributed by atoms with Crippen LogP contribution in [0.5, 0.6) is 5.75 Å². The number of phenols is 1. The van der Waals surface area contributed by atoms with Crippen molar-refractivity contribution in [2.75, 3.05) is 5.32 Å². The number of carbonyl (C=O) groups excluding carboxylic acids is 1. The Hall–Kier alpha value is -4.32. The molecule has 33 heavy (non-hydrogen) atoms. The van der Waals surface area contributed by atoms with Gasteiger partial charge in [0.2, 0.25) is 0 Å². The minimum Gasteiger partial charge on any atom is -0.508 e. The van der Waals surface area contributed by atoms with E-state index in [9.17, 15) is 14.3 Å². The van der Waals surface area contributed by atoms with Gasteiger partial charge in [0.05, 0.1) is 0 Å². The quantitative estimate of drug-likeness (QED) is 0.447. The van der Waals surface area contributed by atoms with Crippen molar-refractivity contribution in [3.63, 3.8) is 0 Å². The normalized spacial score (nSPS) is 14.6. The number of nitrogens with one attached hydrogen (secondary N) is 1. The van der Waals surface area contributed by atoms with Crippen molar-refractivity contribution in [2.24, 2.45) is 0 Å². The molecule has 0 bridgehead atoms. The number of nitrogens with zero attached hydrogens (tertiary/aromatic N) is 2. The van der Waals surface area contributed by atoms with E-state index in [4.69, 9.17) is 4.98 Å². The molecule has 1 aliphatic rings. The first-order chi connectivity index (χ1) is 16.0. The van der Waals surface area contributed by atoms with E-state index in [0.29, 0.717) is 29.2 Å². The maximum atomic E-state index is 13.3. The van der Waals surface area contributed by atoms with Gasteiger partial charge in [-0.15, -0.1) is 0 Å². The molecule has 0 radical (unpaired) electrons. The second-order valence-electron chi connectivity index (χ2n) is 7.95. The predicted molar refractivity (Wildman–Crippen MR) is 124 cm³/mol. The van der Waals surface area contributed by atoms with Crippen molar-refractivity contribution in [1.82, 2.24) is 4.98 Å². The molecule has 0 saturated heterocycles. The Balaban J connectivity index is 1.58. The van der Waals surface area contributed by atoms with Gasteiger partial charge in [0.15, 0.2) is 11.7 Å². The highest BCUT2D eigenvalue weighted by molar-refractivity contribution is 5.88. The van der Waals surface area contributed by atoms with E-state index in [2.05, 4.69) is 11.9 Å². The van der Waals surface area contributed by atoms with Crippen LogP contribution in [-0.4, -0.2) is 22.0 Å². The SMILES string of the molecule is C=C(c1ccccc1)c1nc(-c2ccc(O)cc2)c[n+]2c1NC(Cc1ccc(F)cc1)C2=O. The molecular weight excluding hydrogens is 417 g/mol. The molecule has 3 aromatic carbocycles. The monoisotopic (exact) mass is 438 g/mol. The van der Waals surface area contributed by atoms with E-state index in [0.717, 1.165) is 16.7 Å². The lowest BCUT2D eigenvalue weighted by Gasteiger charge is -2.09. The average Bonchev–Trinajstić information content (AvgIpc) is 3.15. The van der Waals surface area contributed by atoms with Crippen molar-refractivity contribution in [1.29, 1.82) is 0 Å². The van der Waals surface area contributed by atoms with Crippen LogP contribution in [0.25, 0.3) is 16.8 Å². The number of hydrogen-bond acceptors (Lipinski definition) is 4. The van der Waals surface area contributed by atoms with Crippen LogP contribution in [0.4, 0.5) is 10.2 Å². The number of hydrogen-bond donors (Lipinski definition) is 2. The summed E-state index contributed by atoms with van der Waals surface area (Å²) in [5, 5.41) is 13.0. The minimum absolute atomic E-state index is 0.126. The lowest BCUT2D eigenvalue weighted by molar-refractivity contribution is -0.552. The molecule has 1 aromatic heterocycles. The standard InChI is InChI=1S/C27H20FN3O2/c1-17(19-5-3-2-4-6-19)25-26-30-23(15-18-7-11-21(28)12-8-18)27(33)31(26)16-24(29-25)20-9-13-22(32)14-10-20/h2-14,16,23,32H,1,15H2/p+1. The van der Waals surface area contributed by atoms with Crippen molar-refractivity contribution < 1.29 is 18.9 Å². The van der Waals surface area contributed by atoms with Gasteiger partial charge in [-0.25, -0.2) is 14.2 Å². The smallest absolute Gasteiger partial charge is 0.359 e. The molecule has 0 amide bonds. The highest BCUT2D eigenvalue weighted by Crippen LogP contribution is 2.30. The van der Waals surface area contributed by atoms with Gasteiger partial charge in [0.25, 0.3) is 0 Å². The Morgan fingerprint density at radius 1 is 1.03 bits per heavy atom. The molecule has 4 aromatic rings. The van der Waals surface area contributed by atoms with Crippen LogP contribution in [-0.2, 0) is 6.42 Å². The molecule has 1 aliphatic heterocycles. The molecular formula is C27H21FN3O2+. The van der Waals surface area contributed by atoms with E-state index in [1.165, 1.54) is 12.1 Å². The maximum absolute atomic E-state index is 13.3. The summed E-state index contributed by atoms with van der Waals surface area (Å²) in [5.41, 5.74) is 4.35. The Labute approximate surface area is 190 Å². The van der Waals surface area contributed by atoms with Crippen LogP contribution in [0.1, 0.15) is 21.6 Å². The Kier molecular flexibility index (Phi) is 5.18. The topological polar surface area (TPSA) is 66.1 Å². The molecule has 1 atom stereocenters. The van der Waals surface area contributed by atoms with E-state index in [1.807, 2.05) is 30.3 Å². The van der Waals surface area contributed by atoms with E-state index >= 15 is 0 Å². The number of aromatic hydroxyl groups is 1. The minimum atomic E-state index is -0.519. The van der Waals surface area contributed by atoms with E-state index < -0.39 is 6.04 Å². The third-order valence-corrected chi connectivity index (χ3v) is 5.72. The van der Waals surface area contributed by atoms with Gasteiger partial charge >= 0.3 is 11.7 Å². The maximum Gasteiger partial charge on any atom is 0.359 e. The first-order valence-corrected chi connectivity index (χ1v) is 10.6. The molecule has 0 spiro atoms. The summed E-state index contributed by atoms with van der Waals surface area (Å²) in [6, 6.07) is 22.0. The van der Waals surface area contributed by atoms with Gasteiger partial charge in [-0.1, -0.05) is 49.0 Å². The van der Waals surface area contributed by atoms with Crippen LogP contribution in [0.2, 0.25) is 0 Å². The van der Waals surface area contributed by atoms with Gasteiger partial charge in [0, 0.05) is 17.6 Å². The zero-order valence-electron chi connectivity index (χ0n) is 17.7. The highest BCUT2D eigenvalue weighted by atomic mass is 19.1. The Bertz CT molecular complexity index is 1350. The van der Waals surface area contributed by atoms with Crippen LogP contribution >= 0.6 is 0 Å². The van der Waals surface area contributed by atoms with Crippen LogP contribution in [0.15, 0.2) is 91.6 Å². The zero-order valence-corrected chi connectivity index (χ0v) is 17.7. The third kappa shape index (κ3) is 3.99. The lowest BCUT2D eigenvalue weighted by atomic mass is 10.0. The summed E-state index contributed by atoms with van der Waals surface area (Å²) in [7, 11) is 0. The summed E-state index contributed by atoms with van der Waals surface area (Å²) in [5.74, 6) is 0.284. The van der Waals surface area contributed by atoms with Crippen LogP contribution in [0.3, 0.4) is 0 Å². The molecule has 6 heteroatoms. The second-order valence-corrected chi connectivity index (χ2v) is 7.95. The lowest BCUT2D eigenvalue weighted by Crippen LogP contribution is -2.44. The fourth-order valence-electron chi connectivity index (χ4n) is 3.96. The zero-order chi connectivity index (χ0) is 22.9. The molecule has 5 nitrogen and oxygen atoms in total. The summed E-state index contributed by atoms with van der Waals surface area (Å²) in [6.07, 6.45) is 2.11. The second kappa shape index (κ2) is 8.31. The van der Waals surface area contributed by atoms with Crippen molar-refractivity contribution in [2.45, 2.75) is 12.5 Å². The molecule has 162 valence electrons. The first kappa shape index (κ1) is 20.6. The molecule has 0 fully saturated rings. The Morgan fingerprint density at radius 2 is 1.73 bits per heavy atom. The van der Waals surface area contributed by atoms with Crippen LogP contribution < -0.4 is 9.88 Å². The Morgan fingerprint density at radius 3 is 2.42 bits per heavy atom. The predicted octanol–water partition coefficient (Wildman–Crippen LogP) is 4.62. The van der Waals surface area contributed by atoms with E-state index in [1.54, 1.807) is 47.2 Å².